The van der Waals surface area contributed by atoms with Crippen molar-refractivity contribution < 1.29 is 18.8 Å². The molecule has 1 aliphatic heterocycles. The summed E-state index contributed by atoms with van der Waals surface area (Å²) in [6.07, 6.45) is 8.98. The minimum atomic E-state index is -0.561. The Kier molecular flexibility index (Phi) is 5.28. The average molecular weight is 345 g/mol. The second-order valence-electron chi connectivity index (χ2n) is 5.66. The molecule has 0 saturated heterocycles. The summed E-state index contributed by atoms with van der Waals surface area (Å²) in [7, 11) is 1.55. The lowest BCUT2D eigenvalue weighted by Gasteiger charge is -2.18. The number of nitriles is 1. The summed E-state index contributed by atoms with van der Waals surface area (Å²) in [4.78, 5) is 18.0. The van der Waals surface area contributed by atoms with Gasteiger partial charge in [0.05, 0.1) is 33.9 Å². The first-order valence-corrected chi connectivity index (χ1v) is 8.76. The van der Waals surface area contributed by atoms with Crippen LogP contribution in [0.1, 0.15) is 41.3 Å². The zero-order valence-electron chi connectivity index (χ0n) is 13.5. The van der Waals surface area contributed by atoms with E-state index < -0.39 is 6.10 Å². The van der Waals surface area contributed by atoms with Crippen LogP contribution in [0, 0.1) is 17.8 Å². The van der Waals surface area contributed by atoms with E-state index in [-0.39, 0.29) is 12.5 Å². The Balaban J connectivity index is 1.68. The number of ether oxygens (including phenoxy) is 2. The van der Waals surface area contributed by atoms with Crippen LogP contribution in [0.4, 0.5) is 0 Å². The Morgan fingerprint density at radius 1 is 1.58 bits per heavy atom. The highest BCUT2D eigenvalue weighted by Crippen LogP contribution is 2.31. The Morgan fingerprint density at radius 2 is 2.46 bits per heavy atom. The second-order valence-corrected chi connectivity index (χ2v) is 6.78. The summed E-state index contributed by atoms with van der Waals surface area (Å²) < 4.78 is 11.9. The monoisotopic (exact) mass is 345 g/mol. The number of amides is 1. The molecule has 0 radical (unpaired) electrons. The van der Waals surface area contributed by atoms with Gasteiger partial charge in [0, 0.05) is 20.0 Å². The van der Waals surface area contributed by atoms with Crippen LogP contribution in [-0.4, -0.2) is 36.7 Å². The lowest BCUT2D eigenvalue weighted by Crippen LogP contribution is -2.29. The van der Waals surface area contributed by atoms with Gasteiger partial charge in [0.15, 0.2) is 5.70 Å². The Labute approximate surface area is 145 Å². The normalized spacial score (nSPS) is 19.0. The third-order valence-corrected chi connectivity index (χ3v) is 5.01. The molecule has 0 aromatic carbocycles. The van der Waals surface area contributed by atoms with E-state index in [4.69, 9.17) is 14.7 Å². The van der Waals surface area contributed by atoms with Crippen molar-refractivity contribution in [3.05, 3.63) is 27.7 Å². The summed E-state index contributed by atoms with van der Waals surface area (Å²) >= 11 is 1.65. The van der Waals surface area contributed by atoms with Crippen LogP contribution in [0.2, 0.25) is 0 Å². The molecule has 1 aromatic heterocycles. The van der Waals surface area contributed by atoms with Crippen LogP contribution in [0.3, 0.4) is 0 Å². The molecule has 0 bridgehead atoms. The minimum absolute atomic E-state index is 0.0961. The first-order chi connectivity index (χ1) is 11.7. The first-order valence-electron chi connectivity index (χ1n) is 7.94. The Hall–Kier alpha value is -2.17. The SMILES string of the molecule is COCC1OC=[N+](C2=Cc3[s+]c(CCCCC#N)[n-]c3[CH-]C2)C1=O. The molecule has 0 fully saturated rings. The molecule has 1 atom stereocenters. The van der Waals surface area contributed by atoms with E-state index in [9.17, 15) is 4.79 Å². The molecule has 2 aliphatic rings. The summed E-state index contributed by atoms with van der Waals surface area (Å²) in [5.41, 5.74) is 1.88. The second kappa shape index (κ2) is 7.60. The Bertz CT molecular complexity index is 730. The van der Waals surface area contributed by atoms with Gasteiger partial charge in [-0.3, -0.25) is 0 Å². The summed E-state index contributed by atoms with van der Waals surface area (Å²) in [5, 5.41) is 9.65. The smallest absolute Gasteiger partial charge is 0.438 e. The molecule has 3 rings (SSSR count). The highest BCUT2D eigenvalue weighted by atomic mass is 32.1. The molecule has 7 heteroatoms. The highest BCUT2D eigenvalue weighted by Gasteiger charge is 2.39. The van der Waals surface area contributed by atoms with Crippen molar-refractivity contribution in [1.82, 2.24) is 4.98 Å². The predicted octanol–water partition coefficient (Wildman–Crippen LogP) is 2.13. The molecule has 2 heterocycles. The predicted molar refractivity (Wildman–Crippen MR) is 89.3 cm³/mol. The molecule has 6 nitrogen and oxygen atoms in total. The molecule has 24 heavy (non-hydrogen) atoms. The van der Waals surface area contributed by atoms with E-state index in [0.717, 1.165) is 40.5 Å². The van der Waals surface area contributed by atoms with E-state index in [1.54, 1.807) is 23.0 Å². The number of carbonyl (C=O) groups is 1. The van der Waals surface area contributed by atoms with Crippen LogP contribution in [0.5, 0.6) is 0 Å². The maximum Gasteiger partial charge on any atom is 0.438 e. The third-order valence-electron chi connectivity index (χ3n) is 3.93. The number of unbranched alkanes of at least 4 members (excludes halogenated alkanes) is 2. The van der Waals surface area contributed by atoms with Gasteiger partial charge in [-0.15, -0.1) is 4.58 Å². The fourth-order valence-corrected chi connectivity index (χ4v) is 3.75. The molecule has 0 saturated carbocycles. The molecule has 126 valence electrons. The molecule has 1 aromatic rings. The summed E-state index contributed by atoms with van der Waals surface area (Å²) in [5.74, 6) is -0.0961. The maximum absolute atomic E-state index is 12.3. The number of aromatic nitrogens is 1. The van der Waals surface area contributed by atoms with Gasteiger partial charge in [-0.2, -0.15) is 5.26 Å². The number of nitrogens with zero attached hydrogens (tertiary/aromatic N) is 3. The van der Waals surface area contributed by atoms with Crippen LogP contribution in [0.25, 0.3) is 6.08 Å². The van der Waals surface area contributed by atoms with Gasteiger partial charge in [0.2, 0.25) is 0 Å². The van der Waals surface area contributed by atoms with E-state index in [1.165, 1.54) is 6.40 Å². The molecule has 1 aliphatic carbocycles. The van der Waals surface area contributed by atoms with Crippen molar-refractivity contribution in [3.8, 4) is 6.07 Å². The minimum Gasteiger partial charge on any atom is -0.639 e. The average Bonchev–Trinajstić information content (AvgIpc) is 3.15. The van der Waals surface area contributed by atoms with Crippen LogP contribution in [0.15, 0.2) is 5.70 Å². The van der Waals surface area contributed by atoms with Gasteiger partial charge in [0.1, 0.15) is 0 Å². The fraction of sp³-hybridized carbons (Fsp3) is 0.471. The standard InChI is InChI=1S/C17H19N3O3S/c1-22-10-14-17(21)20(11-23-14)12-6-7-13-15(9-12)24-16(19-13)5-3-2-4-8-18/h7,9,11,14H,2-6,10H2,1H3. The van der Waals surface area contributed by atoms with Gasteiger partial charge < -0.3 is 14.5 Å². The number of hydrogen-bond acceptors (Lipinski definition) is 4. The van der Waals surface area contributed by atoms with Crippen molar-refractivity contribution in [2.75, 3.05) is 13.7 Å². The Morgan fingerprint density at radius 3 is 3.25 bits per heavy atom. The topological polar surface area (TPSA) is 76.4 Å². The molecular weight excluding hydrogens is 326 g/mol. The molecule has 0 spiro atoms. The van der Waals surface area contributed by atoms with Crippen molar-refractivity contribution in [2.24, 2.45) is 0 Å². The third kappa shape index (κ3) is 3.50. The van der Waals surface area contributed by atoms with Gasteiger partial charge in [-0.05, 0) is 25.3 Å². The van der Waals surface area contributed by atoms with E-state index in [0.29, 0.717) is 12.8 Å². The van der Waals surface area contributed by atoms with Crippen molar-refractivity contribution in [1.29, 1.82) is 5.26 Å². The van der Waals surface area contributed by atoms with Crippen LogP contribution in [-0.2, 0) is 20.7 Å². The molecular formula is C17H19N3O3S. The van der Waals surface area contributed by atoms with Crippen molar-refractivity contribution in [3.63, 3.8) is 0 Å². The van der Waals surface area contributed by atoms with Crippen molar-refractivity contribution >= 4 is 29.7 Å². The summed E-state index contributed by atoms with van der Waals surface area (Å²) in [6.45, 7) is 0.251. The lowest BCUT2D eigenvalue weighted by atomic mass is 10.1. The first kappa shape index (κ1) is 16.7. The van der Waals surface area contributed by atoms with E-state index in [1.807, 2.05) is 12.5 Å². The number of methoxy groups -OCH3 is 1. The number of hydrogen-bond donors (Lipinski definition) is 0. The van der Waals surface area contributed by atoms with E-state index >= 15 is 0 Å². The highest BCUT2D eigenvalue weighted by molar-refractivity contribution is 7.12. The van der Waals surface area contributed by atoms with Gasteiger partial charge >= 0.3 is 12.3 Å². The number of aryl methyl sites for hydroxylation is 1. The number of fused-ring (bicyclic) bond motifs is 1. The van der Waals surface area contributed by atoms with Gasteiger partial charge in [-0.1, -0.05) is 0 Å². The van der Waals surface area contributed by atoms with Crippen molar-refractivity contribution in [2.45, 2.75) is 38.2 Å². The zero-order valence-corrected chi connectivity index (χ0v) is 14.3. The number of allylic oxidation sites excluding steroid dienone is 1. The maximum atomic E-state index is 12.3. The van der Waals surface area contributed by atoms with Gasteiger partial charge in [-0.25, -0.2) is 16.9 Å². The number of carbonyl (C=O) groups excluding carboxylic acids is 1. The summed E-state index contributed by atoms with van der Waals surface area (Å²) in [6, 6.07) is 2.16. The molecule has 0 N–H and O–H groups in total. The lowest BCUT2D eigenvalue weighted by molar-refractivity contribution is -0.392. The number of rotatable bonds is 7. The molecule has 1 amide bonds. The quantitative estimate of drug-likeness (QED) is 0.327. The van der Waals surface area contributed by atoms with Gasteiger partial charge in [0.25, 0.3) is 6.10 Å². The molecule has 1 unspecified atom stereocenters. The zero-order chi connectivity index (χ0) is 16.9. The van der Waals surface area contributed by atoms with Crippen LogP contribution < -0.4 is 4.98 Å². The fourth-order valence-electron chi connectivity index (χ4n) is 2.68. The van der Waals surface area contributed by atoms with E-state index in [2.05, 4.69) is 11.1 Å². The largest absolute Gasteiger partial charge is 0.639 e. The van der Waals surface area contributed by atoms with Crippen LogP contribution >= 0.6 is 11.3 Å². The number of thiazole rings is 1.